The van der Waals surface area contributed by atoms with E-state index in [0.717, 1.165) is 0 Å². The Morgan fingerprint density at radius 2 is 1.77 bits per heavy atom. The van der Waals surface area contributed by atoms with E-state index in [4.69, 9.17) is 0 Å². The van der Waals surface area contributed by atoms with Crippen LogP contribution in [0.3, 0.4) is 0 Å². The van der Waals surface area contributed by atoms with Gasteiger partial charge in [0.1, 0.15) is 0 Å². The number of thiophene rings is 2. The summed E-state index contributed by atoms with van der Waals surface area (Å²) in [7, 11) is 0. The summed E-state index contributed by atoms with van der Waals surface area (Å²) in [5.41, 5.74) is 6.15. The van der Waals surface area contributed by atoms with Crippen molar-refractivity contribution in [3.05, 3.63) is 51.2 Å². The molecular weight excluding hydrogens is 354 g/mol. The smallest absolute Gasteiger partial charge is 0.0872 e. The van der Waals surface area contributed by atoms with Gasteiger partial charge in [-0.05, 0) is 48.8 Å². The first kappa shape index (κ1) is 16.8. The Kier molecular flexibility index (Phi) is 3.07. The maximum atomic E-state index is 2.77. The number of nitrogens with zero attached hydrogens (tertiary/aromatic N) is 1. The second-order valence-corrected chi connectivity index (χ2v) is 11.5. The fourth-order valence-electron chi connectivity index (χ4n) is 5.72. The lowest BCUT2D eigenvalue weighted by atomic mass is 9.51. The Balaban J connectivity index is 1.95. The quantitative estimate of drug-likeness (QED) is 0.392. The molecule has 4 heterocycles. The summed E-state index contributed by atoms with van der Waals surface area (Å²) in [6, 6.07) is 9.67. The molecule has 0 saturated heterocycles. The van der Waals surface area contributed by atoms with Crippen LogP contribution in [0.4, 0.5) is 5.69 Å². The lowest BCUT2D eigenvalue weighted by Crippen LogP contribution is -2.62. The lowest BCUT2D eigenvalue weighted by Gasteiger charge is -2.62. The normalized spacial score (nSPS) is 28.1. The molecule has 1 unspecified atom stereocenters. The maximum Gasteiger partial charge on any atom is 0.0872 e. The molecular formula is C23H27NS2. The zero-order chi connectivity index (χ0) is 18.6. The molecule has 0 radical (unpaired) electrons. The number of aryl methyl sites for hydroxylation is 1. The standard InChI is InChI=1S/C23H27NS2/c1-13-9-8-10-16-18(13)24-14(2)19-17(15-11-12-25-20(15)26-19)23(24,7)22(5,6)21(16,3)4/h8-12,14H,1-7H3/t14-,23?/m0/s1. The number of hydrogen-bond acceptors (Lipinski definition) is 3. The molecule has 0 aliphatic carbocycles. The van der Waals surface area contributed by atoms with Gasteiger partial charge in [0.15, 0.2) is 0 Å². The van der Waals surface area contributed by atoms with Crippen molar-refractivity contribution in [3.8, 4) is 0 Å². The van der Waals surface area contributed by atoms with Gasteiger partial charge in [0.05, 0.1) is 15.6 Å². The van der Waals surface area contributed by atoms with Gasteiger partial charge in [0, 0.05) is 26.9 Å². The van der Waals surface area contributed by atoms with Crippen LogP contribution in [0, 0.1) is 12.3 Å². The number of hydrogen-bond donors (Lipinski definition) is 0. The van der Waals surface area contributed by atoms with E-state index < -0.39 is 0 Å². The first-order valence-corrected chi connectivity index (χ1v) is 11.2. The second-order valence-electron chi connectivity index (χ2n) is 9.30. The highest BCUT2D eigenvalue weighted by molar-refractivity contribution is 7.37. The van der Waals surface area contributed by atoms with Gasteiger partial charge in [-0.15, -0.1) is 22.7 Å². The van der Waals surface area contributed by atoms with E-state index in [9.17, 15) is 0 Å². The van der Waals surface area contributed by atoms with Gasteiger partial charge in [-0.2, -0.15) is 0 Å². The molecule has 0 fully saturated rings. The maximum absolute atomic E-state index is 2.77. The zero-order valence-electron chi connectivity index (χ0n) is 16.7. The largest absolute Gasteiger partial charge is 0.353 e. The molecule has 3 aromatic rings. The molecule has 0 N–H and O–H groups in total. The van der Waals surface area contributed by atoms with Crippen LogP contribution in [-0.2, 0) is 11.0 Å². The minimum absolute atomic E-state index is 0.0102. The number of fused-ring (bicyclic) bond motifs is 7. The molecule has 5 rings (SSSR count). The summed E-state index contributed by atoms with van der Waals surface area (Å²) in [6.07, 6.45) is 0. The van der Waals surface area contributed by atoms with Crippen molar-refractivity contribution in [2.24, 2.45) is 5.41 Å². The van der Waals surface area contributed by atoms with Crippen molar-refractivity contribution in [2.75, 3.05) is 4.90 Å². The van der Waals surface area contributed by atoms with E-state index in [2.05, 4.69) is 83.0 Å². The van der Waals surface area contributed by atoms with Crippen LogP contribution in [0.1, 0.15) is 69.2 Å². The van der Waals surface area contributed by atoms with E-state index in [1.54, 1.807) is 10.4 Å². The number of anilines is 1. The minimum atomic E-state index is -0.0102. The van der Waals surface area contributed by atoms with E-state index >= 15 is 0 Å². The van der Waals surface area contributed by atoms with Crippen LogP contribution in [0.2, 0.25) is 0 Å². The Morgan fingerprint density at radius 1 is 1.04 bits per heavy atom. The minimum Gasteiger partial charge on any atom is -0.353 e. The van der Waals surface area contributed by atoms with Gasteiger partial charge in [0.2, 0.25) is 0 Å². The van der Waals surface area contributed by atoms with Gasteiger partial charge in [-0.1, -0.05) is 45.9 Å². The number of para-hydroxylation sites is 1. The summed E-state index contributed by atoms with van der Waals surface area (Å²) in [4.78, 5) is 4.34. The van der Waals surface area contributed by atoms with Crippen LogP contribution < -0.4 is 4.90 Å². The van der Waals surface area contributed by atoms with Crippen molar-refractivity contribution in [2.45, 2.75) is 65.5 Å². The average Bonchev–Trinajstić information content (AvgIpc) is 3.19. The van der Waals surface area contributed by atoms with E-state index in [1.807, 2.05) is 22.7 Å². The van der Waals surface area contributed by atoms with E-state index in [0.29, 0.717) is 6.04 Å². The van der Waals surface area contributed by atoms with Gasteiger partial charge in [-0.3, -0.25) is 0 Å². The fraction of sp³-hybridized carbons (Fsp3) is 0.478. The molecule has 26 heavy (non-hydrogen) atoms. The molecule has 2 aliphatic rings. The zero-order valence-corrected chi connectivity index (χ0v) is 18.4. The summed E-state index contributed by atoms with van der Waals surface area (Å²) >= 11 is 3.92. The van der Waals surface area contributed by atoms with Crippen molar-refractivity contribution in [1.29, 1.82) is 0 Å². The predicted octanol–water partition coefficient (Wildman–Crippen LogP) is 7.39. The second kappa shape index (κ2) is 4.74. The van der Waals surface area contributed by atoms with Gasteiger partial charge >= 0.3 is 0 Å². The highest BCUT2D eigenvalue weighted by Crippen LogP contribution is 2.69. The van der Waals surface area contributed by atoms with Gasteiger partial charge < -0.3 is 4.90 Å². The third kappa shape index (κ3) is 1.56. The Bertz CT molecular complexity index is 1050. The third-order valence-electron chi connectivity index (χ3n) is 8.01. The Labute approximate surface area is 164 Å². The van der Waals surface area contributed by atoms with Crippen molar-refractivity contribution in [1.82, 2.24) is 0 Å². The average molecular weight is 382 g/mol. The van der Waals surface area contributed by atoms with E-state index in [-0.39, 0.29) is 16.4 Å². The molecule has 0 saturated carbocycles. The first-order valence-electron chi connectivity index (χ1n) is 9.54. The van der Waals surface area contributed by atoms with Crippen molar-refractivity contribution < 1.29 is 0 Å². The van der Waals surface area contributed by atoms with Gasteiger partial charge in [0.25, 0.3) is 0 Å². The highest BCUT2D eigenvalue weighted by atomic mass is 32.2. The summed E-state index contributed by atoms with van der Waals surface area (Å²) in [5, 5.41) is 3.76. The van der Waals surface area contributed by atoms with Crippen molar-refractivity contribution in [3.63, 3.8) is 0 Å². The van der Waals surface area contributed by atoms with Crippen LogP contribution in [0.15, 0.2) is 29.6 Å². The lowest BCUT2D eigenvalue weighted by molar-refractivity contribution is 0.0660. The Hall–Kier alpha value is -1.32. The van der Waals surface area contributed by atoms with Crippen LogP contribution in [-0.4, -0.2) is 0 Å². The molecule has 3 heteroatoms. The summed E-state index contributed by atoms with van der Waals surface area (Å²) < 4.78 is 1.49. The summed E-state index contributed by atoms with van der Waals surface area (Å²) in [6.45, 7) is 17.1. The Morgan fingerprint density at radius 3 is 2.50 bits per heavy atom. The third-order valence-corrected chi connectivity index (χ3v) is 10.4. The molecule has 0 amide bonds. The first-order chi connectivity index (χ1) is 12.1. The number of rotatable bonds is 0. The molecule has 2 aromatic heterocycles. The molecule has 0 bridgehead atoms. The van der Waals surface area contributed by atoms with Crippen LogP contribution in [0.5, 0.6) is 0 Å². The highest BCUT2D eigenvalue weighted by Gasteiger charge is 2.64. The van der Waals surface area contributed by atoms with Crippen LogP contribution in [0.25, 0.3) is 9.40 Å². The molecule has 2 aliphatic heterocycles. The molecule has 1 nitrogen and oxygen atoms in total. The molecule has 0 spiro atoms. The van der Waals surface area contributed by atoms with Crippen LogP contribution >= 0.6 is 22.7 Å². The van der Waals surface area contributed by atoms with Gasteiger partial charge in [-0.25, -0.2) is 0 Å². The molecule has 136 valence electrons. The molecule has 1 aromatic carbocycles. The predicted molar refractivity (Wildman–Crippen MR) is 116 cm³/mol. The van der Waals surface area contributed by atoms with Crippen molar-refractivity contribution >= 4 is 37.8 Å². The monoisotopic (exact) mass is 381 g/mol. The van der Waals surface area contributed by atoms with E-state index in [1.165, 1.54) is 26.2 Å². The summed E-state index contributed by atoms with van der Waals surface area (Å²) in [5.74, 6) is 0. The molecule has 2 atom stereocenters. The topological polar surface area (TPSA) is 3.24 Å². The number of benzene rings is 1. The SMILES string of the molecule is Cc1cccc2c1N1[C@@H](C)c3sc4sccc4c3C1(C)C(C)(C)C2(C)C. The fourth-order valence-corrected chi connectivity index (χ4v) is 8.14.